The van der Waals surface area contributed by atoms with Crippen molar-refractivity contribution in [3.63, 3.8) is 0 Å². The Morgan fingerprint density at radius 3 is 2.80 bits per heavy atom. The van der Waals surface area contributed by atoms with E-state index >= 15 is 0 Å². The van der Waals surface area contributed by atoms with Crippen molar-refractivity contribution < 1.29 is 4.42 Å². The molecule has 1 aromatic carbocycles. The molecule has 174 valence electrons. The van der Waals surface area contributed by atoms with Crippen molar-refractivity contribution in [1.82, 2.24) is 19.7 Å². The predicted octanol–water partition coefficient (Wildman–Crippen LogP) is 5.45. The summed E-state index contributed by atoms with van der Waals surface area (Å²) in [4.78, 5) is 21.9. The molecule has 0 amide bonds. The number of rotatable bonds is 4. The summed E-state index contributed by atoms with van der Waals surface area (Å²) in [5.74, 6) is 0.462. The van der Waals surface area contributed by atoms with E-state index in [1.165, 1.54) is 0 Å². The van der Waals surface area contributed by atoms with Crippen LogP contribution in [-0.2, 0) is 7.05 Å². The number of pyridine rings is 2. The molecule has 1 N–H and O–H groups in total. The number of nitriles is 1. The molecule has 9 heteroatoms. The second kappa shape index (κ2) is 8.53. The van der Waals surface area contributed by atoms with Crippen LogP contribution in [0.25, 0.3) is 33.3 Å². The number of anilines is 1. The number of hydrogen-bond donors (Lipinski definition) is 1. The van der Waals surface area contributed by atoms with Gasteiger partial charge in [-0.2, -0.15) is 10.4 Å². The maximum atomic E-state index is 13.4. The zero-order chi connectivity index (χ0) is 24.9. The SMILES string of the molecule is Cc1cc(C(C)Nc2ccc(Cl)nc2C#N)c2oc(-c3cnc4nn(C)cc4c3)c(C)c(=O)c2c1. The lowest BCUT2D eigenvalue weighted by Gasteiger charge is -2.19. The molecule has 1 atom stereocenters. The van der Waals surface area contributed by atoms with Crippen molar-refractivity contribution in [2.45, 2.75) is 26.8 Å². The van der Waals surface area contributed by atoms with Gasteiger partial charge in [-0.05, 0) is 50.6 Å². The molecule has 0 bridgehead atoms. The molecule has 0 aliphatic heterocycles. The second-order valence-corrected chi connectivity index (χ2v) is 8.95. The summed E-state index contributed by atoms with van der Waals surface area (Å²) in [6.45, 7) is 5.63. The molecule has 0 aliphatic rings. The van der Waals surface area contributed by atoms with Crippen LogP contribution < -0.4 is 10.7 Å². The minimum atomic E-state index is -0.301. The second-order valence-electron chi connectivity index (χ2n) is 8.56. The van der Waals surface area contributed by atoms with E-state index in [0.29, 0.717) is 39.2 Å². The van der Waals surface area contributed by atoms with Crippen LogP contribution in [0.5, 0.6) is 0 Å². The average Bonchev–Trinajstić information content (AvgIpc) is 3.21. The number of fused-ring (bicyclic) bond motifs is 2. The third-order valence-electron chi connectivity index (χ3n) is 5.93. The Bertz CT molecular complexity index is 1730. The fourth-order valence-electron chi connectivity index (χ4n) is 4.27. The highest BCUT2D eigenvalue weighted by Crippen LogP contribution is 2.33. The Hall–Kier alpha value is -4.22. The molecular formula is C26H21ClN6O2. The minimum Gasteiger partial charge on any atom is -0.455 e. The van der Waals surface area contributed by atoms with Crippen LogP contribution in [0.1, 0.15) is 35.3 Å². The van der Waals surface area contributed by atoms with E-state index in [1.807, 2.05) is 45.3 Å². The molecule has 35 heavy (non-hydrogen) atoms. The van der Waals surface area contributed by atoms with Crippen molar-refractivity contribution in [2.75, 3.05) is 5.32 Å². The Morgan fingerprint density at radius 1 is 1.23 bits per heavy atom. The van der Waals surface area contributed by atoms with E-state index in [2.05, 4.69) is 26.5 Å². The Morgan fingerprint density at radius 2 is 2.03 bits per heavy atom. The molecular weight excluding hydrogens is 464 g/mol. The Labute approximate surface area is 205 Å². The van der Waals surface area contributed by atoms with E-state index in [4.69, 9.17) is 16.0 Å². The zero-order valence-corrected chi connectivity index (χ0v) is 20.3. The van der Waals surface area contributed by atoms with Crippen LogP contribution in [0, 0.1) is 25.2 Å². The summed E-state index contributed by atoms with van der Waals surface area (Å²) >= 11 is 5.94. The lowest BCUT2D eigenvalue weighted by Crippen LogP contribution is -2.13. The van der Waals surface area contributed by atoms with Gasteiger partial charge in [0.25, 0.3) is 0 Å². The van der Waals surface area contributed by atoms with Gasteiger partial charge >= 0.3 is 0 Å². The summed E-state index contributed by atoms with van der Waals surface area (Å²) in [6, 6.07) is 10.8. The van der Waals surface area contributed by atoms with Crippen molar-refractivity contribution in [1.29, 1.82) is 5.26 Å². The number of nitrogens with zero attached hydrogens (tertiary/aromatic N) is 5. The number of aryl methyl sites for hydroxylation is 2. The first-order chi connectivity index (χ1) is 16.7. The molecule has 0 radical (unpaired) electrons. The summed E-state index contributed by atoms with van der Waals surface area (Å²) in [5.41, 5.74) is 4.65. The van der Waals surface area contributed by atoms with Gasteiger partial charge in [0.15, 0.2) is 16.8 Å². The van der Waals surface area contributed by atoms with Gasteiger partial charge in [0.1, 0.15) is 22.6 Å². The Balaban J connectivity index is 1.68. The highest BCUT2D eigenvalue weighted by atomic mass is 35.5. The van der Waals surface area contributed by atoms with Crippen LogP contribution in [-0.4, -0.2) is 19.7 Å². The first-order valence-electron chi connectivity index (χ1n) is 11.0. The van der Waals surface area contributed by atoms with Gasteiger partial charge in [-0.3, -0.25) is 9.48 Å². The van der Waals surface area contributed by atoms with Crippen LogP contribution in [0.4, 0.5) is 5.69 Å². The number of hydrogen-bond acceptors (Lipinski definition) is 7. The van der Waals surface area contributed by atoms with Crippen LogP contribution in [0.15, 0.2) is 51.9 Å². The molecule has 0 spiro atoms. The fraction of sp³-hybridized carbons (Fsp3) is 0.192. The maximum absolute atomic E-state index is 13.4. The maximum Gasteiger partial charge on any atom is 0.196 e. The normalized spacial score (nSPS) is 12.1. The van der Waals surface area contributed by atoms with Crippen LogP contribution in [0.2, 0.25) is 5.15 Å². The van der Waals surface area contributed by atoms with E-state index in [-0.39, 0.29) is 22.3 Å². The summed E-state index contributed by atoms with van der Waals surface area (Å²) in [7, 11) is 1.83. The largest absolute Gasteiger partial charge is 0.455 e. The first-order valence-corrected chi connectivity index (χ1v) is 11.3. The van der Waals surface area contributed by atoms with Crippen molar-refractivity contribution in [2.24, 2.45) is 7.05 Å². The van der Waals surface area contributed by atoms with Crippen molar-refractivity contribution >= 4 is 39.3 Å². The highest BCUT2D eigenvalue weighted by Gasteiger charge is 2.20. The van der Waals surface area contributed by atoms with E-state index < -0.39 is 0 Å². The quantitative estimate of drug-likeness (QED) is 0.337. The standard InChI is InChI=1S/C26H21ClN6O2/c1-13-7-18(15(3)30-20-5-6-22(27)31-21(20)10-28)25-19(8-13)23(34)14(2)24(35-25)16-9-17-12-33(4)32-26(17)29-11-16/h5-9,11-12,15,30H,1-4H3. The number of benzene rings is 1. The van der Waals surface area contributed by atoms with E-state index in [1.54, 1.807) is 29.9 Å². The predicted molar refractivity (Wildman–Crippen MR) is 135 cm³/mol. The number of nitrogens with one attached hydrogen (secondary N) is 1. The van der Waals surface area contributed by atoms with Crippen molar-refractivity contribution in [3.8, 4) is 17.4 Å². The molecule has 4 aromatic heterocycles. The minimum absolute atomic E-state index is 0.101. The fourth-order valence-corrected chi connectivity index (χ4v) is 4.42. The van der Waals surface area contributed by atoms with E-state index in [0.717, 1.165) is 16.5 Å². The van der Waals surface area contributed by atoms with Crippen molar-refractivity contribution in [3.05, 3.63) is 80.5 Å². The lowest BCUT2D eigenvalue weighted by atomic mass is 9.99. The van der Waals surface area contributed by atoms with Gasteiger partial charge in [-0.15, -0.1) is 0 Å². The smallest absolute Gasteiger partial charge is 0.196 e. The molecule has 4 heterocycles. The monoisotopic (exact) mass is 484 g/mol. The third kappa shape index (κ3) is 4.00. The molecule has 0 saturated heterocycles. The summed E-state index contributed by atoms with van der Waals surface area (Å²) in [5, 5.41) is 18.7. The molecule has 1 unspecified atom stereocenters. The molecule has 8 nitrogen and oxygen atoms in total. The molecule has 0 aliphatic carbocycles. The van der Waals surface area contributed by atoms with Gasteiger partial charge < -0.3 is 9.73 Å². The number of halogens is 1. The van der Waals surface area contributed by atoms with Gasteiger partial charge in [0.05, 0.1) is 17.1 Å². The van der Waals surface area contributed by atoms with Crippen LogP contribution >= 0.6 is 11.6 Å². The molecule has 0 saturated carbocycles. The highest BCUT2D eigenvalue weighted by molar-refractivity contribution is 6.29. The Kier molecular flexibility index (Phi) is 5.50. The van der Waals surface area contributed by atoms with Crippen LogP contribution in [0.3, 0.4) is 0 Å². The van der Waals surface area contributed by atoms with Gasteiger partial charge in [0, 0.05) is 41.5 Å². The molecule has 5 rings (SSSR count). The summed E-state index contributed by atoms with van der Waals surface area (Å²) < 4.78 is 8.12. The van der Waals surface area contributed by atoms with Gasteiger partial charge in [-0.25, -0.2) is 9.97 Å². The number of aromatic nitrogens is 4. The zero-order valence-electron chi connectivity index (χ0n) is 19.5. The topological polar surface area (TPSA) is 110 Å². The first kappa shape index (κ1) is 22.6. The lowest BCUT2D eigenvalue weighted by molar-refractivity contribution is 0.605. The molecule has 5 aromatic rings. The summed E-state index contributed by atoms with van der Waals surface area (Å²) in [6.07, 6.45) is 3.54. The average molecular weight is 485 g/mol. The van der Waals surface area contributed by atoms with Gasteiger partial charge in [-0.1, -0.05) is 17.7 Å². The van der Waals surface area contributed by atoms with E-state index in [9.17, 15) is 10.1 Å². The van der Waals surface area contributed by atoms with Gasteiger partial charge in [0.2, 0.25) is 0 Å². The third-order valence-corrected chi connectivity index (χ3v) is 6.14. The molecule has 0 fully saturated rings.